The number of hydrogen-bond acceptors (Lipinski definition) is 3. The zero-order valence-electron chi connectivity index (χ0n) is 10.8. The number of nitrogens with one attached hydrogen (secondary N) is 1. The van der Waals surface area contributed by atoms with Crippen molar-refractivity contribution in [2.45, 2.75) is 25.5 Å². The molecule has 0 aromatic heterocycles. The lowest BCUT2D eigenvalue weighted by molar-refractivity contribution is 0.305. The van der Waals surface area contributed by atoms with Crippen molar-refractivity contribution in [1.82, 2.24) is 0 Å². The van der Waals surface area contributed by atoms with E-state index in [0.29, 0.717) is 0 Å². The summed E-state index contributed by atoms with van der Waals surface area (Å²) < 4.78 is 39.2. The second kappa shape index (κ2) is 6.55. The summed E-state index contributed by atoms with van der Waals surface area (Å²) in [6.45, 7) is 2.99. The van der Waals surface area contributed by atoms with Crippen molar-refractivity contribution in [3.05, 3.63) is 29.6 Å². The van der Waals surface area contributed by atoms with E-state index in [1.54, 1.807) is 0 Å². The fourth-order valence-electron chi connectivity index (χ4n) is 1.18. The number of sulfonamides is 1. The Bertz CT molecular complexity index is 600. The van der Waals surface area contributed by atoms with Crippen LogP contribution >= 0.6 is 0 Å². The highest BCUT2D eigenvalue weighted by molar-refractivity contribution is 7.93. The Labute approximate surface area is 112 Å². The molecule has 0 heterocycles. The van der Waals surface area contributed by atoms with Gasteiger partial charge in [0.25, 0.3) is 0 Å². The van der Waals surface area contributed by atoms with Crippen LogP contribution in [0.5, 0.6) is 0 Å². The summed E-state index contributed by atoms with van der Waals surface area (Å²) in [6.07, 6.45) is 0.265. The van der Waals surface area contributed by atoms with Gasteiger partial charge in [-0.25, -0.2) is 12.8 Å². The fraction of sp³-hybridized carbons (Fsp3) is 0.385. The summed E-state index contributed by atoms with van der Waals surface area (Å²) in [5.74, 6) is 4.56. The van der Waals surface area contributed by atoms with Crippen LogP contribution in [0.1, 0.15) is 25.8 Å². The van der Waals surface area contributed by atoms with E-state index in [0.717, 1.165) is 6.07 Å². The third kappa shape index (κ3) is 4.54. The zero-order chi connectivity index (χ0) is 14.5. The molecule has 1 aromatic carbocycles. The van der Waals surface area contributed by atoms with Crippen molar-refractivity contribution in [1.29, 1.82) is 0 Å². The van der Waals surface area contributed by atoms with Crippen molar-refractivity contribution in [3.63, 3.8) is 0 Å². The Morgan fingerprint density at radius 1 is 1.42 bits per heavy atom. The average molecular weight is 285 g/mol. The smallest absolute Gasteiger partial charge is 0.235 e. The molecule has 0 unspecified atom stereocenters. The second-order valence-electron chi connectivity index (χ2n) is 4.17. The van der Waals surface area contributed by atoms with Crippen molar-refractivity contribution in [2.24, 2.45) is 0 Å². The largest absolute Gasteiger partial charge is 0.395 e. The van der Waals surface area contributed by atoms with Crippen LogP contribution in [-0.2, 0) is 10.0 Å². The van der Waals surface area contributed by atoms with Crippen LogP contribution in [0.2, 0.25) is 0 Å². The van der Waals surface area contributed by atoms with Gasteiger partial charge in [-0.2, -0.15) is 0 Å². The van der Waals surface area contributed by atoms with E-state index >= 15 is 0 Å². The predicted molar refractivity (Wildman–Crippen MR) is 72.7 cm³/mol. The highest BCUT2D eigenvalue weighted by atomic mass is 32.2. The Kier molecular flexibility index (Phi) is 5.33. The first kappa shape index (κ1) is 15.5. The topological polar surface area (TPSA) is 66.4 Å². The van der Waals surface area contributed by atoms with Gasteiger partial charge in [0.15, 0.2) is 0 Å². The second-order valence-corrected chi connectivity index (χ2v) is 6.40. The maximum atomic E-state index is 13.7. The van der Waals surface area contributed by atoms with Gasteiger partial charge in [-0.1, -0.05) is 11.8 Å². The number of halogens is 1. The Balaban J connectivity index is 2.93. The molecule has 0 radical (unpaired) electrons. The van der Waals surface area contributed by atoms with E-state index in [9.17, 15) is 12.8 Å². The van der Waals surface area contributed by atoms with Crippen LogP contribution in [0, 0.1) is 17.7 Å². The van der Waals surface area contributed by atoms with Crippen LogP contribution in [-0.4, -0.2) is 25.4 Å². The maximum Gasteiger partial charge on any atom is 0.235 e. The number of aliphatic hydroxyl groups excluding tert-OH is 1. The molecule has 19 heavy (non-hydrogen) atoms. The minimum Gasteiger partial charge on any atom is -0.395 e. The van der Waals surface area contributed by atoms with Gasteiger partial charge in [0.1, 0.15) is 5.82 Å². The first-order chi connectivity index (χ1) is 8.86. The summed E-state index contributed by atoms with van der Waals surface area (Å²) in [4.78, 5) is 0. The molecule has 1 rings (SSSR count). The van der Waals surface area contributed by atoms with Crippen LogP contribution in [0.4, 0.5) is 10.1 Å². The molecule has 0 aliphatic rings. The number of benzene rings is 1. The summed E-state index contributed by atoms with van der Waals surface area (Å²) >= 11 is 0. The van der Waals surface area contributed by atoms with Gasteiger partial charge >= 0.3 is 0 Å². The van der Waals surface area contributed by atoms with Crippen LogP contribution < -0.4 is 4.72 Å². The number of anilines is 1. The first-order valence-electron chi connectivity index (χ1n) is 5.77. The molecule has 1 aromatic rings. The van der Waals surface area contributed by atoms with Gasteiger partial charge in [0.05, 0.1) is 23.1 Å². The van der Waals surface area contributed by atoms with Gasteiger partial charge < -0.3 is 5.11 Å². The summed E-state index contributed by atoms with van der Waals surface area (Å²) in [5, 5.41) is 7.97. The molecule has 0 spiro atoms. The van der Waals surface area contributed by atoms with E-state index in [-0.39, 0.29) is 24.3 Å². The summed E-state index contributed by atoms with van der Waals surface area (Å²) in [6, 6.07) is 3.94. The lowest BCUT2D eigenvalue weighted by Gasteiger charge is -2.10. The average Bonchev–Trinajstić information content (AvgIpc) is 2.31. The molecule has 6 heteroatoms. The molecule has 0 saturated carbocycles. The van der Waals surface area contributed by atoms with E-state index in [4.69, 9.17) is 5.11 Å². The molecule has 0 aliphatic heterocycles. The van der Waals surface area contributed by atoms with Crippen molar-refractivity contribution in [3.8, 4) is 11.8 Å². The molecule has 0 saturated heterocycles. The van der Waals surface area contributed by atoms with E-state index in [2.05, 4.69) is 16.6 Å². The lowest BCUT2D eigenvalue weighted by atomic mass is 10.2. The molecular formula is C13H16FNO3S. The minimum absolute atomic E-state index is 0.0825. The standard InChI is InChI=1S/C13H16FNO3S/c1-10(2)19(17,18)15-12-7-6-11(13(14)9-12)5-3-4-8-16/h6-7,9-10,15-16H,4,8H2,1-2H3. The molecule has 0 atom stereocenters. The highest BCUT2D eigenvalue weighted by Crippen LogP contribution is 2.16. The third-order valence-corrected chi connectivity index (χ3v) is 4.07. The van der Waals surface area contributed by atoms with Crippen LogP contribution in [0.25, 0.3) is 0 Å². The van der Waals surface area contributed by atoms with Crippen LogP contribution in [0.3, 0.4) is 0 Å². The quantitative estimate of drug-likeness (QED) is 0.828. The van der Waals surface area contributed by atoms with Crippen molar-refractivity contribution >= 4 is 15.7 Å². The zero-order valence-corrected chi connectivity index (χ0v) is 11.6. The lowest BCUT2D eigenvalue weighted by Crippen LogP contribution is -2.22. The number of rotatable bonds is 4. The normalized spacial score (nSPS) is 11.0. The summed E-state index contributed by atoms with van der Waals surface area (Å²) in [7, 11) is -3.49. The number of aliphatic hydroxyl groups is 1. The molecule has 0 fully saturated rings. The van der Waals surface area contributed by atoms with Gasteiger partial charge in [-0.05, 0) is 32.0 Å². The highest BCUT2D eigenvalue weighted by Gasteiger charge is 2.16. The van der Waals surface area contributed by atoms with Gasteiger partial charge in [-0.15, -0.1) is 0 Å². The Hall–Kier alpha value is -1.58. The summed E-state index contributed by atoms with van der Waals surface area (Å²) in [5.41, 5.74) is 0.333. The minimum atomic E-state index is -3.49. The molecule has 104 valence electrons. The van der Waals surface area contributed by atoms with E-state index in [1.165, 1.54) is 26.0 Å². The van der Waals surface area contributed by atoms with E-state index in [1.807, 2.05) is 0 Å². The van der Waals surface area contributed by atoms with Crippen LogP contribution in [0.15, 0.2) is 18.2 Å². The van der Waals surface area contributed by atoms with Crippen molar-refractivity contribution in [2.75, 3.05) is 11.3 Å². The molecule has 2 N–H and O–H groups in total. The third-order valence-electron chi connectivity index (χ3n) is 2.31. The molecule has 0 amide bonds. The van der Waals surface area contributed by atoms with Crippen molar-refractivity contribution < 1.29 is 17.9 Å². The molecule has 4 nitrogen and oxygen atoms in total. The molecular weight excluding hydrogens is 269 g/mol. The molecule has 0 bridgehead atoms. The SMILES string of the molecule is CC(C)S(=O)(=O)Nc1ccc(C#CCCO)c(F)c1. The van der Waals surface area contributed by atoms with Gasteiger partial charge in [-0.3, -0.25) is 4.72 Å². The van der Waals surface area contributed by atoms with E-state index < -0.39 is 21.1 Å². The first-order valence-corrected chi connectivity index (χ1v) is 7.32. The van der Waals surface area contributed by atoms with Gasteiger partial charge in [0, 0.05) is 6.42 Å². The molecule has 0 aliphatic carbocycles. The Morgan fingerprint density at radius 2 is 2.11 bits per heavy atom. The monoisotopic (exact) mass is 285 g/mol. The number of hydrogen-bond donors (Lipinski definition) is 2. The Morgan fingerprint density at radius 3 is 2.63 bits per heavy atom. The maximum absolute atomic E-state index is 13.7. The van der Waals surface area contributed by atoms with Gasteiger partial charge in [0.2, 0.25) is 10.0 Å². The predicted octanol–water partition coefficient (Wildman–Crippen LogP) is 1.71. The fourth-order valence-corrected chi connectivity index (χ4v) is 1.87.